The van der Waals surface area contributed by atoms with Gasteiger partial charge in [-0.3, -0.25) is 9.36 Å². The van der Waals surface area contributed by atoms with Crippen molar-refractivity contribution >= 4 is 22.7 Å². The Morgan fingerprint density at radius 2 is 2.03 bits per heavy atom. The van der Waals surface area contributed by atoms with Gasteiger partial charge in [-0.2, -0.15) is 5.26 Å². The van der Waals surface area contributed by atoms with Crippen molar-refractivity contribution in [3.05, 3.63) is 57.5 Å². The third-order valence-corrected chi connectivity index (χ3v) is 5.89. The van der Waals surface area contributed by atoms with E-state index in [1.54, 1.807) is 19.1 Å². The van der Waals surface area contributed by atoms with Gasteiger partial charge in [0, 0.05) is 0 Å². The van der Waals surface area contributed by atoms with Crippen molar-refractivity contribution in [1.82, 2.24) is 19.9 Å². The molecule has 6 nitrogen and oxygen atoms in total. The van der Waals surface area contributed by atoms with Gasteiger partial charge in [0.2, 0.25) is 0 Å². The van der Waals surface area contributed by atoms with Crippen molar-refractivity contribution in [2.24, 2.45) is 0 Å². The highest BCUT2D eigenvalue weighted by atomic mass is 32.2. The van der Waals surface area contributed by atoms with Gasteiger partial charge in [-0.25, -0.2) is 14.4 Å². The topological polar surface area (TPSA) is 83.6 Å². The van der Waals surface area contributed by atoms with E-state index in [1.807, 2.05) is 6.26 Å². The highest BCUT2D eigenvalue weighted by Crippen LogP contribution is 2.29. The zero-order chi connectivity index (χ0) is 20.5. The standard InChI is InChI=1S/C21H20FN5OS/c1-12-17-18(15(11-23)20(25-12)29-2)26-19(16-5-3-4-10-24-16)27(21(17)28)14-8-6-13(22)7-9-14/h6-9,16,24H,3-5,10H2,1-2H3. The predicted octanol–water partition coefficient (Wildman–Crippen LogP) is 3.64. The van der Waals surface area contributed by atoms with E-state index in [0.717, 1.165) is 25.8 Å². The maximum absolute atomic E-state index is 13.6. The minimum atomic E-state index is -0.373. The number of hydrogen-bond acceptors (Lipinski definition) is 6. The molecule has 8 heteroatoms. The molecule has 29 heavy (non-hydrogen) atoms. The number of fused-ring (bicyclic) bond motifs is 1. The van der Waals surface area contributed by atoms with Gasteiger partial charge < -0.3 is 5.32 Å². The van der Waals surface area contributed by atoms with Crippen LogP contribution in [-0.2, 0) is 0 Å². The number of aryl methyl sites for hydroxylation is 1. The van der Waals surface area contributed by atoms with Crippen molar-refractivity contribution in [3.63, 3.8) is 0 Å². The quantitative estimate of drug-likeness (QED) is 0.665. The van der Waals surface area contributed by atoms with Gasteiger partial charge in [-0.1, -0.05) is 6.42 Å². The molecule has 3 heterocycles. The molecular formula is C21H20FN5OS. The zero-order valence-corrected chi connectivity index (χ0v) is 17.0. The third kappa shape index (κ3) is 3.41. The maximum atomic E-state index is 13.6. The molecule has 0 bridgehead atoms. The summed E-state index contributed by atoms with van der Waals surface area (Å²) in [5.74, 6) is 0.171. The van der Waals surface area contributed by atoms with E-state index in [-0.39, 0.29) is 17.4 Å². The normalized spacial score (nSPS) is 16.7. The number of aromatic nitrogens is 3. The van der Waals surface area contributed by atoms with E-state index in [4.69, 9.17) is 4.98 Å². The summed E-state index contributed by atoms with van der Waals surface area (Å²) in [5.41, 5.74) is 1.48. The molecule has 0 spiro atoms. The molecule has 0 radical (unpaired) electrons. The molecule has 1 saturated heterocycles. The van der Waals surface area contributed by atoms with E-state index in [9.17, 15) is 14.4 Å². The summed E-state index contributed by atoms with van der Waals surface area (Å²) in [6.45, 7) is 2.58. The average Bonchev–Trinajstić information content (AvgIpc) is 2.74. The Bertz CT molecular complexity index is 1180. The number of rotatable bonds is 3. The summed E-state index contributed by atoms with van der Waals surface area (Å²) >= 11 is 1.36. The Labute approximate surface area is 171 Å². The predicted molar refractivity (Wildman–Crippen MR) is 111 cm³/mol. The Hall–Kier alpha value is -2.76. The Kier molecular flexibility index (Phi) is 5.35. The number of piperidine rings is 1. The molecule has 1 fully saturated rings. The first kappa shape index (κ1) is 19.6. The van der Waals surface area contributed by atoms with Gasteiger partial charge in [0.05, 0.1) is 22.8 Å². The zero-order valence-electron chi connectivity index (χ0n) is 16.2. The first-order valence-corrected chi connectivity index (χ1v) is 10.7. The SMILES string of the molecule is CSc1nc(C)c2c(=O)n(-c3ccc(F)cc3)c(C3CCCCN3)nc2c1C#N. The van der Waals surface area contributed by atoms with Crippen LogP contribution in [0.3, 0.4) is 0 Å². The summed E-state index contributed by atoms with van der Waals surface area (Å²) in [6, 6.07) is 7.85. The fourth-order valence-corrected chi connectivity index (χ4v) is 4.38. The summed E-state index contributed by atoms with van der Waals surface area (Å²) in [7, 11) is 0. The summed E-state index contributed by atoms with van der Waals surface area (Å²) in [5, 5.41) is 14.1. The van der Waals surface area contributed by atoms with Crippen molar-refractivity contribution in [2.45, 2.75) is 37.3 Å². The van der Waals surface area contributed by atoms with Gasteiger partial charge >= 0.3 is 0 Å². The molecule has 0 aliphatic carbocycles. The second-order valence-corrected chi connectivity index (χ2v) is 7.80. The van der Waals surface area contributed by atoms with Gasteiger partial charge in [-0.05, 0) is 56.8 Å². The average molecular weight is 409 g/mol. The minimum Gasteiger partial charge on any atom is -0.307 e. The van der Waals surface area contributed by atoms with Crippen LogP contribution < -0.4 is 10.9 Å². The summed E-state index contributed by atoms with van der Waals surface area (Å²) in [4.78, 5) is 22.9. The molecule has 4 rings (SSSR count). The number of benzene rings is 1. The van der Waals surface area contributed by atoms with E-state index >= 15 is 0 Å². The third-order valence-electron chi connectivity index (χ3n) is 5.20. The molecular weight excluding hydrogens is 389 g/mol. The van der Waals surface area contributed by atoms with Gasteiger partial charge in [0.1, 0.15) is 33.8 Å². The first-order chi connectivity index (χ1) is 14.0. The molecule has 1 N–H and O–H groups in total. The number of nitrogens with zero attached hydrogens (tertiary/aromatic N) is 4. The molecule has 2 aromatic heterocycles. The van der Waals surface area contributed by atoms with E-state index in [1.165, 1.54) is 28.5 Å². The number of hydrogen-bond donors (Lipinski definition) is 1. The lowest BCUT2D eigenvalue weighted by Crippen LogP contribution is -2.34. The van der Waals surface area contributed by atoms with Crippen molar-refractivity contribution in [1.29, 1.82) is 5.26 Å². The molecule has 148 valence electrons. The lowest BCUT2D eigenvalue weighted by molar-refractivity contribution is 0.391. The van der Waals surface area contributed by atoms with Crippen LogP contribution in [0.4, 0.5) is 4.39 Å². The Balaban J connectivity index is 2.11. The number of halogens is 1. The largest absolute Gasteiger partial charge is 0.307 e. The van der Waals surface area contributed by atoms with Crippen molar-refractivity contribution in [3.8, 4) is 11.8 Å². The molecule has 1 aliphatic heterocycles. The molecule has 1 unspecified atom stereocenters. The van der Waals surface area contributed by atoms with Crippen molar-refractivity contribution < 1.29 is 4.39 Å². The van der Waals surface area contributed by atoms with Crippen LogP contribution in [-0.4, -0.2) is 27.3 Å². The monoisotopic (exact) mass is 409 g/mol. The van der Waals surface area contributed by atoms with Gasteiger partial charge in [0.25, 0.3) is 5.56 Å². The maximum Gasteiger partial charge on any atom is 0.267 e. The molecule has 1 aromatic carbocycles. The fourth-order valence-electron chi connectivity index (χ4n) is 3.80. The molecule has 0 amide bonds. The van der Waals surface area contributed by atoms with Gasteiger partial charge in [-0.15, -0.1) is 11.8 Å². The van der Waals surface area contributed by atoms with E-state index in [0.29, 0.717) is 38.7 Å². The van der Waals surface area contributed by atoms with E-state index < -0.39 is 0 Å². The summed E-state index contributed by atoms with van der Waals surface area (Å²) in [6.07, 6.45) is 4.76. The second kappa shape index (κ2) is 7.93. The number of thioether (sulfide) groups is 1. The number of pyridine rings is 1. The first-order valence-electron chi connectivity index (χ1n) is 9.45. The molecule has 3 aromatic rings. The van der Waals surface area contributed by atoms with Crippen LogP contribution in [0.25, 0.3) is 16.6 Å². The smallest absolute Gasteiger partial charge is 0.267 e. The fraction of sp³-hybridized carbons (Fsp3) is 0.333. The van der Waals surface area contributed by atoms with Crippen LogP contribution in [0, 0.1) is 24.1 Å². The van der Waals surface area contributed by atoms with Crippen LogP contribution in [0.2, 0.25) is 0 Å². The van der Waals surface area contributed by atoms with Gasteiger partial charge in [0.15, 0.2) is 0 Å². The molecule has 1 aliphatic rings. The lowest BCUT2D eigenvalue weighted by atomic mass is 10.0. The number of nitrogens with one attached hydrogen (secondary N) is 1. The summed E-state index contributed by atoms with van der Waals surface area (Å²) < 4.78 is 15.0. The molecule has 0 saturated carbocycles. The van der Waals surface area contributed by atoms with Crippen LogP contribution in [0.5, 0.6) is 0 Å². The lowest BCUT2D eigenvalue weighted by Gasteiger charge is -2.26. The highest BCUT2D eigenvalue weighted by Gasteiger charge is 2.25. The Morgan fingerprint density at radius 3 is 2.66 bits per heavy atom. The van der Waals surface area contributed by atoms with Crippen LogP contribution in [0.1, 0.15) is 42.4 Å². The molecule has 1 atom stereocenters. The van der Waals surface area contributed by atoms with Crippen LogP contribution >= 0.6 is 11.8 Å². The minimum absolute atomic E-state index is 0.122. The van der Waals surface area contributed by atoms with E-state index in [2.05, 4.69) is 16.4 Å². The van der Waals surface area contributed by atoms with Crippen LogP contribution in [0.15, 0.2) is 34.1 Å². The highest BCUT2D eigenvalue weighted by molar-refractivity contribution is 7.98. The number of nitriles is 1. The Morgan fingerprint density at radius 1 is 1.28 bits per heavy atom. The second-order valence-electron chi connectivity index (χ2n) is 7.01. The van der Waals surface area contributed by atoms with Crippen molar-refractivity contribution in [2.75, 3.05) is 12.8 Å².